The summed E-state index contributed by atoms with van der Waals surface area (Å²) >= 11 is 6.49. The van der Waals surface area contributed by atoms with E-state index in [2.05, 4.69) is 33.8 Å². The molecule has 0 bridgehead atoms. The lowest BCUT2D eigenvalue weighted by atomic mass is 10.1. The van der Waals surface area contributed by atoms with Crippen molar-refractivity contribution >= 4 is 11.6 Å². The second kappa shape index (κ2) is 6.27. The minimum absolute atomic E-state index is 0.595. The molecule has 4 nitrogen and oxygen atoms in total. The van der Waals surface area contributed by atoms with E-state index in [0.29, 0.717) is 12.1 Å². The van der Waals surface area contributed by atoms with Crippen LogP contribution in [0.2, 0.25) is 5.02 Å². The minimum Gasteiger partial charge on any atom is -0.312 e. The predicted molar refractivity (Wildman–Crippen MR) is 86.7 cm³/mol. The van der Waals surface area contributed by atoms with Gasteiger partial charge in [0, 0.05) is 31.7 Å². The quantitative estimate of drug-likeness (QED) is 0.928. The topological polar surface area (TPSA) is 33.1 Å². The summed E-state index contributed by atoms with van der Waals surface area (Å²) in [5.74, 6) is 0.895. The zero-order valence-electron chi connectivity index (χ0n) is 13.4. The highest BCUT2D eigenvalue weighted by molar-refractivity contribution is 6.31. The van der Waals surface area contributed by atoms with Crippen molar-refractivity contribution in [3.63, 3.8) is 0 Å². The molecule has 1 aromatic rings. The third-order valence-electron chi connectivity index (χ3n) is 5.02. The fourth-order valence-corrected chi connectivity index (χ4v) is 3.60. The fraction of sp³-hybridized carbons (Fsp3) is 0.812. The third-order valence-corrected chi connectivity index (χ3v) is 5.51. The van der Waals surface area contributed by atoms with Gasteiger partial charge in [-0.2, -0.15) is 5.10 Å². The van der Waals surface area contributed by atoms with E-state index < -0.39 is 0 Å². The number of nitrogens with one attached hydrogen (secondary N) is 1. The van der Waals surface area contributed by atoms with Crippen LogP contribution in [-0.2, 0) is 13.1 Å². The van der Waals surface area contributed by atoms with Gasteiger partial charge in [-0.1, -0.05) is 11.6 Å². The minimum atomic E-state index is 0.595. The van der Waals surface area contributed by atoms with Gasteiger partial charge in [0.1, 0.15) is 0 Å². The first-order valence-corrected chi connectivity index (χ1v) is 8.67. The average molecular weight is 311 g/mol. The zero-order chi connectivity index (χ0) is 15.0. The van der Waals surface area contributed by atoms with Crippen LogP contribution in [0.25, 0.3) is 0 Å². The number of nitrogens with zero attached hydrogens (tertiary/aromatic N) is 3. The molecular formula is C16H27ClN4. The fourth-order valence-electron chi connectivity index (χ4n) is 3.40. The summed E-state index contributed by atoms with van der Waals surface area (Å²) in [6.07, 6.45) is 4.00. The van der Waals surface area contributed by atoms with Crippen LogP contribution in [0.15, 0.2) is 0 Å². The predicted octanol–water partition coefficient (Wildman–Crippen LogP) is 2.83. The molecule has 21 heavy (non-hydrogen) atoms. The summed E-state index contributed by atoms with van der Waals surface area (Å²) < 4.78 is 2.06. The van der Waals surface area contributed by atoms with Gasteiger partial charge in [-0.05, 0) is 52.5 Å². The largest absolute Gasteiger partial charge is 0.312 e. The summed E-state index contributed by atoms with van der Waals surface area (Å²) in [5, 5.41) is 9.14. The highest BCUT2D eigenvalue weighted by atomic mass is 35.5. The first-order valence-electron chi connectivity index (χ1n) is 8.29. The molecule has 1 N–H and O–H groups in total. The Hall–Kier alpha value is -0.580. The van der Waals surface area contributed by atoms with E-state index in [4.69, 9.17) is 11.6 Å². The molecule has 1 saturated heterocycles. The standard InChI is InChI=1S/C16H27ClN4/c1-4-21-15(16(17)12(3)19-21)10-20-9-14(13-5-6-13)18-8-7-11(20)2/h11,13-14,18H,4-10H2,1-3H3. The summed E-state index contributed by atoms with van der Waals surface area (Å²) in [4.78, 5) is 2.59. The van der Waals surface area contributed by atoms with Crippen molar-refractivity contribution < 1.29 is 0 Å². The smallest absolute Gasteiger partial charge is 0.0860 e. The number of halogens is 1. The molecule has 0 aromatic carbocycles. The van der Waals surface area contributed by atoms with Gasteiger partial charge < -0.3 is 5.32 Å². The van der Waals surface area contributed by atoms with Gasteiger partial charge in [0.15, 0.2) is 0 Å². The van der Waals surface area contributed by atoms with Crippen LogP contribution in [0.3, 0.4) is 0 Å². The van der Waals surface area contributed by atoms with Crippen molar-refractivity contribution in [3.05, 3.63) is 16.4 Å². The Morgan fingerprint density at radius 2 is 2.10 bits per heavy atom. The zero-order valence-corrected chi connectivity index (χ0v) is 14.2. The molecule has 2 atom stereocenters. The third kappa shape index (κ3) is 3.27. The monoisotopic (exact) mass is 310 g/mol. The molecule has 5 heteroatoms. The van der Waals surface area contributed by atoms with Gasteiger partial charge in [-0.15, -0.1) is 0 Å². The lowest BCUT2D eigenvalue weighted by Gasteiger charge is -2.29. The van der Waals surface area contributed by atoms with Gasteiger partial charge in [-0.25, -0.2) is 0 Å². The second-order valence-corrected chi connectivity index (χ2v) is 7.01. The molecule has 118 valence electrons. The van der Waals surface area contributed by atoms with E-state index in [9.17, 15) is 0 Å². The van der Waals surface area contributed by atoms with Crippen molar-refractivity contribution in [2.75, 3.05) is 13.1 Å². The van der Waals surface area contributed by atoms with Crippen LogP contribution in [0, 0.1) is 12.8 Å². The van der Waals surface area contributed by atoms with Crippen LogP contribution in [0.5, 0.6) is 0 Å². The molecule has 1 saturated carbocycles. The molecule has 3 rings (SSSR count). The second-order valence-electron chi connectivity index (χ2n) is 6.63. The highest BCUT2D eigenvalue weighted by Gasteiger charge is 2.35. The van der Waals surface area contributed by atoms with Gasteiger partial charge in [-0.3, -0.25) is 9.58 Å². The lowest BCUT2D eigenvalue weighted by molar-refractivity contribution is 0.185. The molecule has 2 heterocycles. The van der Waals surface area contributed by atoms with Crippen molar-refractivity contribution in [1.82, 2.24) is 20.0 Å². The Morgan fingerprint density at radius 1 is 1.33 bits per heavy atom. The normalized spacial score (nSPS) is 27.8. The molecule has 1 aromatic heterocycles. The number of aromatic nitrogens is 2. The summed E-state index contributed by atoms with van der Waals surface area (Å²) in [7, 11) is 0. The van der Waals surface area contributed by atoms with Crippen molar-refractivity contribution in [2.24, 2.45) is 5.92 Å². The Bertz CT molecular complexity index is 495. The molecule has 1 aliphatic heterocycles. The Kier molecular flexibility index (Phi) is 4.57. The summed E-state index contributed by atoms with van der Waals surface area (Å²) in [6.45, 7) is 10.5. The molecule has 2 aliphatic rings. The maximum Gasteiger partial charge on any atom is 0.0860 e. The molecule has 2 fully saturated rings. The highest BCUT2D eigenvalue weighted by Crippen LogP contribution is 2.34. The van der Waals surface area contributed by atoms with Gasteiger partial charge in [0.05, 0.1) is 16.4 Å². The SMILES string of the molecule is CCn1nc(C)c(Cl)c1CN1CC(C2CC2)NCCC1C. The van der Waals surface area contributed by atoms with E-state index in [0.717, 1.165) is 42.8 Å². The van der Waals surface area contributed by atoms with Gasteiger partial charge in [0.25, 0.3) is 0 Å². The van der Waals surface area contributed by atoms with Crippen molar-refractivity contribution in [3.8, 4) is 0 Å². The van der Waals surface area contributed by atoms with E-state index in [1.807, 2.05) is 6.92 Å². The van der Waals surface area contributed by atoms with Crippen molar-refractivity contribution in [2.45, 2.75) is 65.2 Å². The Balaban J connectivity index is 1.77. The average Bonchev–Trinajstić information content (AvgIpc) is 3.27. The Labute approximate surface area is 132 Å². The molecule has 0 amide bonds. The number of aryl methyl sites for hydroxylation is 2. The van der Waals surface area contributed by atoms with Crippen LogP contribution >= 0.6 is 11.6 Å². The first kappa shape index (κ1) is 15.3. The molecule has 0 spiro atoms. The van der Waals surface area contributed by atoms with Crippen LogP contribution < -0.4 is 5.32 Å². The summed E-state index contributed by atoms with van der Waals surface area (Å²) in [5.41, 5.74) is 2.13. The summed E-state index contributed by atoms with van der Waals surface area (Å²) in [6, 6.07) is 1.26. The van der Waals surface area contributed by atoms with Crippen LogP contribution in [0.1, 0.15) is 44.5 Å². The lowest BCUT2D eigenvalue weighted by Crippen LogP contribution is -2.41. The van der Waals surface area contributed by atoms with E-state index in [-0.39, 0.29) is 0 Å². The van der Waals surface area contributed by atoms with Gasteiger partial charge >= 0.3 is 0 Å². The number of hydrogen-bond donors (Lipinski definition) is 1. The number of hydrogen-bond acceptors (Lipinski definition) is 3. The van der Waals surface area contributed by atoms with Gasteiger partial charge in [0.2, 0.25) is 0 Å². The number of rotatable bonds is 4. The molecule has 2 unspecified atom stereocenters. The van der Waals surface area contributed by atoms with E-state index in [1.165, 1.54) is 25.0 Å². The Morgan fingerprint density at radius 3 is 2.76 bits per heavy atom. The molecular weight excluding hydrogens is 284 g/mol. The maximum atomic E-state index is 6.49. The maximum absolute atomic E-state index is 6.49. The van der Waals surface area contributed by atoms with Crippen LogP contribution in [-0.4, -0.2) is 39.9 Å². The van der Waals surface area contributed by atoms with E-state index >= 15 is 0 Å². The van der Waals surface area contributed by atoms with E-state index in [1.54, 1.807) is 0 Å². The molecule has 0 radical (unpaired) electrons. The van der Waals surface area contributed by atoms with Crippen LogP contribution in [0.4, 0.5) is 0 Å². The molecule has 1 aliphatic carbocycles. The van der Waals surface area contributed by atoms with Crippen molar-refractivity contribution in [1.29, 1.82) is 0 Å². The first-order chi connectivity index (χ1) is 10.1.